The molecule has 0 aliphatic carbocycles. The Labute approximate surface area is 349 Å². The maximum atomic E-state index is 15.3. The maximum Gasteiger partial charge on any atom is 0.254 e. The van der Waals surface area contributed by atoms with E-state index in [1.165, 1.54) is 5.56 Å². The van der Waals surface area contributed by atoms with Crippen LogP contribution in [-0.2, 0) is 66.2 Å². The van der Waals surface area contributed by atoms with Crippen molar-refractivity contribution in [1.82, 2.24) is 9.80 Å². The monoisotopic (exact) mass is 798 g/mol. The van der Waals surface area contributed by atoms with Gasteiger partial charge in [-0.2, -0.15) is 0 Å². The van der Waals surface area contributed by atoms with Gasteiger partial charge >= 0.3 is 0 Å². The van der Waals surface area contributed by atoms with Crippen molar-refractivity contribution in [1.29, 1.82) is 0 Å². The van der Waals surface area contributed by atoms with Crippen LogP contribution >= 0.6 is 0 Å². The molecule has 2 heterocycles. The summed E-state index contributed by atoms with van der Waals surface area (Å²) >= 11 is 0. The fraction of sp³-hybridized carbons (Fsp3) is 0.380. The van der Waals surface area contributed by atoms with Gasteiger partial charge in [-0.05, 0) is 48.6 Å². The lowest BCUT2D eigenvalue weighted by molar-refractivity contribution is -0.250. The molecular formula is C50H58N2O7. The Kier molecular flexibility index (Phi) is 14.7. The van der Waals surface area contributed by atoms with Crippen molar-refractivity contribution in [2.24, 2.45) is 0 Å². The van der Waals surface area contributed by atoms with Crippen LogP contribution in [0.5, 0.6) is 0 Å². The predicted molar refractivity (Wildman–Crippen MR) is 228 cm³/mol. The van der Waals surface area contributed by atoms with Crippen LogP contribution in [-0.4, -0.2) is 84.3 Å². The van der Waals surface area contributed by atoms with Gasteiger partial charge in [0.1, 0.15) is 17.8 Å². The quantitative estimate of drug-likeness (QED) is 0.0828. The number of nitrogens with zero attached hydrogens (tertiary/aromatic N) is 2. The molecule has 5 aromatic rings. The van der Waals surface area contributed by atoms with Gasteiger partial charge in [-0.15, -0.1) is 0 Å². The zero-order chi connectivity index (χ0) is 40.9. The molecule has 59 heavy (non-hydrogen) atoms. The van der Waals surface area contributed by atoms with E-state index in [1.54, 1.807) is 0 Å². The van der Waals surface area contributed by atoms with Crippen LogP contribution in [0.3, 0.4) is 0 Å². The molecule has 5 atom stereocenters. The molecule has 0 saturated carbocycles. The minimum atomic E-state index is -1.22. The third-order valence-electron chi connectivity index (χ3n) is 11.1. The predicted octanol–water partition coefficient (Wildman–Crippen LogP) is 8.21. The molecule has 3 unspecified atom stereocenters. The smallest absolute Gasteiger partial charge is 0.254 e. The standard InChI is InChI=1S/C50H58N2O7/c1-39-50(59-49(2,3)58-39,38-54-34-41-21-11-5-12-22-41)47(57-37-44-27-17-8-18-28-44)45(55-35-42-23-13-6-14-24-42)46(56-36-43-25-15-7-16-26-43)48(53)52-31-29-51(30-32-52)33-40-19-9-4-10-20-40/h4-28,39,45-47H,29-38H2,1-3H3/t39-,45?,46?,47?,50-/m1/s1. The third-order valence-corrected chi connectivity index (χ3v) is 11.1. The minimum Gasteiger partial charge on any atom is -0.374 e. The van der Waals surface area contributed by atoms with E-state index in [9.17, 15) is 0 Å². The lowest BCUT2D eigenvalue weighted by Crippen LogP contribution is -2.64. The molecule has 310 valence electrons. The van der Waals surface area contributed by atoms with Crippen LogP contribution in [0.2, 0.25) is 0 Å². The van der Waals surface area contributed by atoms with Crippen molar-refractivity contribution in [3.05, 3.63) is 179 Å². The molecule has 0 bridgehead atoms. The molecule has 5 aromatic carbocycles. The molecule has 2 aliphatic heterocycles. The molecule has 2 fully saturated rings. The Balaban J connectivity index is 1.27. The summed E-state index contributed by atoms with van der Waals surface area (Å²) in [5.41, 5.74) is 3.91. The van der Waals surface area contributed by atoms with E-state index in [4.69, 9.17) is 28.4 Å². The molecule has 2 aliphatic rings. The summed E-state index contributed by atoms with van der Waals surface area (Å²) in [6.07, 6.45) is -3.46. The number of rotatable bonds is 19. The summed E-state index contributed by atoms with van der Waals surface area (Å²) < 4.78 is 41.2. The summed E-state index contributed by atoms with van der Waals surface area (Å²) in [4.78, 5) is 19.6. The van der Waals surface area contributed by atoms with E-state index in [0.717, 1.165) is 41.9 Å². The summed E-state index contributed by atoms with van der Waals surface area (Å²) in [5, 5.41) is 0. The second-order valence-corrected chi connectivity index (χ2v) is 16.0. The third kappa shape index (κ3) is 11.5. The lowest BCUT2D eigenvalue weighted by Gasteiger charge is -2.45. The molecule has 0 radical (unpaired) electrons. The number of benzene rings is 5. The topological polar surface area (TPSA) is 78.9 Å². The minimum absolute atomic E-state index is 0.106. The highest BCUT2D eigenvalue weighted by Crippen LogP contribution is 2.43. The van der Waals surface area contributed by atoms with Gasteiger partial charge in [0.25, 0.3) is 5.91 Å². The summed E-state index contributed by atoms with van der Waals surface area (Å²) in [7, 11) is 0. The number of ether oxygens (including phenoxy) is 6. The highest BCUT2D eigenvalue weighted by molar-refractivity contribution is 5.82. The molecule has 9 nitrogen and oxygen atoms in total. The SMILES string of the molecule is C[C@H]1OC(C)(C)O[C@@]1(COCc1ccccc1)C(OCc1ccccc1)C(OCc1ccccc1)C(OCc1ccccc1)C(=O)N1CCN(Cc2ccccc2)CC1. The van der Waals surface area contributed by atoms with Gasteiger partial charge in [0.2, 0.25) is 0 Å². The second kappa shape index (κ2) is 20.5. The van der Waals surface area contributed by atoms with Crippen molar-refractivity contribution in [2.75, 3.05) is 32.8 Å². The van der Waals surface area contributed by atoms with Crippen molar-refractivity contribution >= 4 is 5.91 Å². The molecule has 0 aromatic heterocycles. The summed E-state index contributed by atoms with van der Waals surface area (Å²) in [6.45, 7) is 10.3. The van der Waals surface area contributed by atoms with E-state index in [2.05, 4.69) is 29.2 Å². The van der Waals surface area contributed by atoms with Crippen LogP contribution in [0.15, 0.2) is 152 Å². The van der Waals surface area contributed by atoms with Crippen LogP contribution in [0.25, 0.3) is 0 Å². The fourth-order valence-electron chi connectivity index (χ4n) is 8.10. The van der Waals surface area contributed by atoms with E-state index >= 15 is 4.79 Å². The number of amides is 1. The van der Waals surface area contributed by atoms with Crippen LogP contribution in [0, 0.1) is 0 Å². The van der Waals surface area contributed by atoms with E-state index in [-0.39, 0.29) is 32.3 Å². The summed E-state index contributed by atoms with van der Waals surface area (Å²) in [6, 6.07) is 50.4. The van der Waals surface area contributed by atoms with Crippen molar-refractivity contribution in [3.63, 3.8) is 0 Å². The Hall–Kier alpha value is -4.71. The van der Waals surface area contributed by atoms with Crippen LogP contribution < -0.4 is 0 Å². The number of hydrogen-bond donors (Lipinski definition) is 0. The van der Waals surface area contributed by atoms with Crippen LogP contribution in [0.4, 0.5) is 0 Å². The van der Waals surface area contributed by atoms with Gasteiger partial charge < -0.3 is 33.3 Å². The van der Waals surface area contributed by atoms with Gasteiger partial charge in [0, 0.05) is 32.7 Å². The molecule has 0 N–H and O–H groups in total. The normalized spacial score (nSPS) is 20.9. The molecular weight excluding hydrogens is 741 g/mol. The number of piperazine rings is 1. The Morgan fingerprint density at radius 1 is 0.610 bits per heavy atom. The van der Waals surface area contributed by atoms with Crippen molar-refractivity contribution < 1.29 is 33.2 Å². The number of carbonyl (C=O) groups excluding carboxylic acids is 1. The first-order chi connectivity index (χ1) is 28.8. The number of carbonyl (C=O) groups is 1. The maximum absolute atomic E-state index is 15.3. The van der Waals surface area contributed by atoms with E-state index < -0.39 is 35.8 Å². The zero-order valence-electron chi connectivity index (χ0n) is 34.6. The first-order valence-corrected chi connectivity index (χ1v) is 20.8. The lowest BCUT2D eigenvalue weighted by atomic mass is 9.85. The van der Waals surface area contributed by atoms with Gasteiger partial charge in [-0.25, -0.2) is 0 Å². The fourth-order valence-corrected chi connectivity index (χ4v) is 8.10. The number of hydrogen-bond acceptors (Lipinski definition) is 8. The average Bonchev–Trinajstić information content (AvgIpc) is 3.51. The molecule has 1 amide bonds. The van der Waals surface area contributed by atoms with Crippen LogP contribution in [0.1, 0.15) is 48.6 Å². The Bertz CT molecular complexity index is 1980. The molecule has 0 spiro atoms. The highest BCUT2D eigenvalue weighted by Gasteiger charge is 2.61. The van der Waals surface area contributed by atoms with E-state index in [1.807, 2.05) is 153 Å². The van der Waals surface area contributed by atoms with Gasteiger partial charge in [0.15, 0.2) is 11.9 Å². The zero-order valence-corrected chi connectivity index (χ0v) is 34.6. The highest BCUT2D eigenvalue weighted by atomic mass is 16.8. The first-order valence-electron chi connectivity index (χ1n) is 20.8. The second-order valence-electron chi connectivity index (χ2n) is 16.0. The van der Waals surface area contributed by atoms with Crippen molar-refractivity contribution in [2.45, 2.75) is 89.5 Å². The largest absolute Gasteiger partial charge is 0.374 e. The molecule has 2 saturated heterocycles. The van der Waals surface area contributed by atoms with Gasteiger partial charge in [0.05, 0.1) is 39.1 Å². The van der Waals surface area contributed by atoms with Gasteiger partial charge in [-0.3, -0.25) is 9.69 Å². The Morgan fingerprint density at radius 3 is 1.53 bits per heavy atom. The van der Waals surface area contributed by atoms with Gasteiger partial charge in [-0.1, -0.05) is 152 Å². The van der Waals surface area contributed by atoms with E-state index in [0.29, 0.717) is 19.7 Å². The molecule has 7 rings (SSSR count). The first kappa shape index (κ1) is 42.4. The average molecular weight is 799 g/mol. The Morgan fingerprint density at radius 2 is 1.05 bits per heavy atom. The summed E-state index contributed by atoms with van der Waals surface area (Å²) in [5.74, 6) is -1.15. The van der Waals surface area contributed by atoms with Crippen molar-refractivity contribution in [3.8, 4) is 0 Å². The molecule has 9 heteroatoms.